The molecule has 0 saturated heterocycles. The molecule has 0 amide bonds. The van der Waals surface area contributed by atoms with Crippen molar-refractivity contribution in [1.29, 1.82) is 0 Å². The minimum Gasteiger partial charge on any atom is -0.324 e. The van der Waals surface area contributed by atoms with Gasteiger partial charge >= 0.3 is 0 Å². The standard InChI is InChI=1S/C17H16ClN3/c1-10-5-3-8-15(20-10)17-13(11(2)19)9-12-6-4-7-14(18)16(12)21-17/h3-9,11H,19H2,1-2H3/t11-/m0/s1. The van der Waals surface area contributed by atoms with Crippen LogP contribution in [0, 0.1) is 6.92 Å². The number of para-hydroxylation sites is 1. The van der Waals surface area contributed by atoms with E-state index in [1.807, 2.05) is 50.2 Å². The number of aryl methyl sites for hydroxylation is 1. The third-order valence-corrected chi connectivity index (χ3v) is 3.75. The van der Waals surface area contributed by atoms with E-state index in [0.29, 0.717) is 5.02 Å². The van der Waals surface area contributed by atoms with E-state index in [0.717, 1.165) is 33.5 Å². The zero-order valence-electron chi connectivity index (χ0n) is 12.0. The normalized spacial score (nSPS) is 12.6. The number of halogens is 1. The molecule has 0 bridgehead atoms. The van der Waals surface area contributed by atoms with Gasteiger partial charge < -0.3 is 5.73 Å². The van der Waals surface area contributed by atoms with Crippen LogP contribution >= 0.6 is 11.6 Å². The molecule has 1 atom stereocenters. The largest absolute Gasteiger partial charge is 0.324 e. The van der Waals surface area contributed by atoms with Gasteiger partial charge in [-0.1, -0.05) is 29.8 Å². The second-order valence-electron chi connectivity index (χ2n) is 5.19. The first kappa shape index (κ1) is 14.0. The van der Waals surface area contributed by atoms with Gasteiger partial charge in [0.1, 0.15) is 0 Å². The van der Waals surface area contributed by atoms with Gasteiger partial charge in [-0.3, -0.25) is 4.98 Å². The molecule has 0 aliphatic rings. The van der Waals surface area contributed by atoms with Gasteiger partial charge in [0.05, 0.1) is 21.9 Å². The summed E-state index contributed by atoms with van der Waals surface area (Å²) in [6.45, 7) is 3.91. The Bertz CT molecular complexity index is 812. The first-order valence-electron chi connectivity index (χ1n) is 6.85. The quantitative estimate of drug-likeness (QED) is 0.768. The summed E-state index contributed by atoms with van der Waals surface area (Å²) in [6.07, 6.45) is 0. The Labute approximate surface area is 128 Å². The van der Waals surface area contributed by atoms with Crippen LogP contribution in [0.3, 0.4) is 0 Å². The number of aromatic nitrogens is 2. The zero-order chi connectivity index (χ0) is 15.0. The molecule has 0 aliphatic carbocycles. The lowest BCUT2D eigenvalue weighted by Gasteiger charge is -2.14. The Hall–Kier alpha value is -1.97. The van der Waals surface area contributed by atoms with E-state index in [2.05, 4.69) is 11.1 Å². The van der Waals surface area contributed by atoms with Crippen LogP contribution in [0.1, 0.15) is 24.2 Å². The van der Waals surface area contributed by atoms with Gasteiger partial charge in [0.25, 0.3) is 0 Å². The number of pyridine rings is 2. The Morgan fingerprint density at radius 3 is 2.57 bits per heavy atom. The maximum absolute atomic E-state index is 6.27. The molecular weight excluding hydrogens is 282 g/mol. The molecule has 3 rings (SSSR count). The topological polar surface area (TPSA) is 51.8 Å². The maximum Gasteiger partial charge on any atom is 0.0942 e. The van der Waals surface area contributed by atoms with Crippen molar-refractivity contribution in [3.63, 3.8) is 0 Å². The van der Waals surface area contributed by atoms with Gasteiger partial charge in [0.2, 0.25) is 0 Å². The summed E-state index contributed by atoms with van der Waals surface area (Å²) >= 11 is 6.27. The Balaban J connectivity index is 2.34. The third kappa shape index (κ3) is 2.62. The van der Waals surface area contributed by atoms with E-state index in [1.165, 1.54) is 0 Å². The van der Waals surface area contributed by atoms with Crippen molar-refractivity contribution < 1.29 is 0 Å². The van der Waals surface area contributed by atoms with Crippen molar-refractivity contribution >= 4 is 22.5 Å². The minimum atomic E-state index is -0.127. The van der Waals surface area contributed by atoms with Crippen molar-refractivity contribution in [3.8, 4) is 11.4 Å². The van der Waals surface area contributed by atoms with E-state index in [9.17, 15) is 0 Å². The van der Waals surface area contributed by atoms with Gasteiger partial charge in [-0.25, -0.2) is 4.98 Å². The van der Waals surface area contributed by atoms with Crippen LogP contribution in [0.4, 0.5) is 0 Å². The van der Waals surface area contributed by atoms with E-state index >= 15 is 0 Å². The fraction of sp³-hybridized carbons (Fsp3) is 0.176. The lowest BCUT2D eigenvalue weighted by Crippen LogP contribution is -2.09. The zero-order valence-corrected chi connectivity index (χ0v) is 12.7. The van der Waals surface area contributed by atoms with Crippen molar-refractivity contribution in [1.82, 2.24) is 9.97 Å². The molecule has 106 valence electrons. The highest BCUT2D eigenvalue weighted by Gasteiger charge is 2.14. The summed E-state index contributed by atoms with van der Waals surface area (Å²) < 4.78 is 0. The molecule has 0 saturated carbocycles. The molecule has 3 nitrogen and oxygen atoms in total. The molecule has 4 heteroatoms. The molecule has 0 aliphatic heterocycles. The van der Waals surface area contributed by atoms with Crippen LogP contribution in [0.5, 0.6) is 0 Å². The molecule has 21 heavy (non-hydrogen) atoms. The highest BCUT2D eigenvalue weighted by molar-refractivity contribution is 6.35. The van der Waals surface area contributed by atoms with Gasteiger partial charge in [-0.05, 0) is 43.7 Å². The highest BCUT2D eigenvalue weighted by atomic mass is 35.5. The summed E-state index contributed by atoms with van der Waals surface area (Å²) in [5, 5.41) is 1.63. The van der Waals surface area contributed by atoms with Gasteiger partial charge in [-0.2, -0.15) is 0 Å². The number of hydrogen-bond acceptors (Lipinski definition) is 3. The smallest absolute Gasteiger partial charge is 0.0942 e. The molecule has 2 heterocycles. The Kier molecular flexibility index (Phi) is 3.62. The number of fused-ring (bicyclic) bond motifs is 1. The molecule has 0 spiro atoms. The van der Waals surface area contributed by atoms with Crippen molar-refractivity contribution in [3.05, 3.63) is 58.7 Å². The molecule has 0 fully saturated rings. The number of nitrogens with two attached hydrogens (primary N) is 1. The number of rotatable bonds is 2. The monoisotopic (exact) mass is 297 g/mol. The summed E-state index contributed by atoms with van der Waals surface area (Å²) in [5.74, 6) is 0. The first-order valence-corrected chi connectivity index (χ1v) is 7.23. The average Bonchev–Trinajstić information content (AvgIpc) is 2.46. The molecule has 3 aromatic rings. The van der Waals surface area contributed by atoms with Crippen molar-refractivity contribution in [2.45, 2.75) is 19.9 Å². The number of nitrogens with zero attached hydrogens (tertiary/aromatic N) is 2. The average molecular weight is 298 g/mol. The molecule has 0 unspecified atom stereocenters. The Morgan fingerprint density at radius 2 is 1.86 bits per heavy atom. The number of benzene rings is 1. The van der Waals surface area contributed by atoms with Crippen molar-refractivity contribution in [2.75, 3.05) is 0 Å². The molecular formula is C17H16ClN3. The van der Waals surface area contributed by atoms with Crippen LogP contribution in [0.25, 0.3) is 22.3 Å². The summed E-state index contributed by atoms with van der Waals surface area (Å²) in [4.78, 5) is 9.29. The van der Waals surface area contributed by atoms with Crippen LogP contribution in [0.2, 0.25) is 5.02 Å². The van der Waals surface area contributed by atoms with E-state index in [-0.39, 0.29) is 6.04 Å². The third-order valence-electron chi connectivity index (χ3n) is 3.45. The molecule has 1 aromatic carbocycles. The minimum absolute atomic E-state index is 0.127. The predicted octanol–water partition coefficient (Wildman–Crippen LogP) is 4.28. The van der Waals surface area contributed by atoms with E-state index in [1.54, 1.807) is 0 Å². The van der Waals surface area contributed by atoms with Crippen LogP contribution in [-0.2, 0) is 0 Å². The summed E-state index contributed by atoms with van der Waals surface area (Å²) in [5.41, 5.74) is 10.4. The Morgan fingerprint density at radius 1 is 1.10 bits per heavy atom. The van der Waals surface area contributed by atoms with Gasteiger partial charge in [0, 0.05) is 17.1 Å². The second kappa shape index (κ2) is 5.43. The highest BCUT2D eigenvalue weighted by Crippen LogP contribution is 2.30. The lowest BCUT2D eigenvalue weighted by molar-refractivity contribution is 0.816. The molecule has 2 aromatic heterocycles. The fourth-order valence-electron chi connectivity index (χ4n) is 2.41. The molecule has 2 N–H and O–H groups in total. The fourth-order valence-corrected chi connectivity index (χ4v) is 2.63. The maximum atomic E-state index is 6.27. The summed E-state index contributed by atoms with van der Waals surface area (Å²) in [6, 6.07) is 13.6. The van der Waals surface area contributed by atoms with Crippen LogP contribution in [0.15, 0.2) is 42.5 Å². The molecule has 0 radical (unpaired) electrons. The first-order chi connectivity index (χ1) is 10.1. The van der Waals surface area contributed by atoms with E-state index < -0.39 is 0 Å². The number of hydrogen-bond donors (Lipinski definition) is 1. The van der Waals surface area contributed by atoms with Gasteiger partial charge in [-0.15, -0.1) is 0 Å². The second-order valence-corrected chi connectivity index (χ2v) is 5.60. The van der Waals surface area contributed by atoms with Crippen molar-refractivity contribution in [2.24, 2.45) is 5.73 Å². The van der Waals surface area contributed by atoms with Gasteiger partial charge in [0.15, 0.2) is 0 Å². The van der Waals surface area contributed by atoms with E-state index in [4.69, 9.17) is 22.3 Å². The predicted molar refractivity (Wildman–Crippen MR) is 87.3 cm³/mol. The summed E-state index contributed by atoms with van der Waals surface area (Å²) in [7, 11) is 0. The van der Waals surface area contributed by atoms with Crippen LogP contribution in [-0.4, -0.2) is 9.97 Å². The van der Waals surface area contributed by atoms with Crippen LogP contribution < -0.4 is 5.73 Å². The SMILES string of the molecule is Cc1cccc(-c2nc3c(Cl)cccc3cc2[C@H](C)N)n1. The lowest BCUT2D eigenvalue weighted by atomic mass is 10.0.